The van der Waals surface area contributed by atoms with Gasteiger partial charge in [0, 0.05) is 24.2 Å². The van der Waals surface area contributed by atoms with Gasteiger partial charge in [-0.3, -0.25) is 9.48 Å². The van der Waals surface area contributed by atoms with E-state index < -0.39 is 16.1 Å². The van der Waals surface area contributed by atoms with Gasteiger partial charge in [-0.1, -0.05) is 26.2 Å². The SMILES string of the molecule is CCc1nn(C2CCCCC2)c2sc(C(=O)Nc3ccc(S(=O)(=O)N4CCC(O)CC4)cc3)cc12. The number of sulfonamides is 1. The standard InChI is InChI=1S/C25H32N4O4S2/c1-2-22-21-16-23(34-25(21)29(27-22)18-6-4-3-5-7-18)24(31)26-17-8-10-20(11-9-17)35(32,33)28-14-12-19(30)13-15-28/h8-11,16,18-19,30H,2-7,12-15H2,1H3,(H,26,31). The predicted octanol–water partition coefficient (Wildman–Crippen LogP) is 4.56. The van der Waals surface area contributed by atoms with Crippen LogP contribution in [0.1, 0.15) is 73.3 Å². The quantitative estimate of drug-likeness (QED) is 0.500. The highest BCUT2D eigenvalue weighted by molar-refractivity contribution is 7.89. The lowest BCUT2D eigenvalue weighted by molar-refractivity contribution is 0.103. The molecule has 0 atom stereocenters. The number of hydrogen-bond donors (Lipinski definition) is 2. The minimum Gasteiger partial charge on any atom is -0.393 e. The zero-order valence-electron chi connectivity index (χ0n) is 19.9. The molecule has 1 saturated carbocycles. The van der Waals surface area contributed by atoms with Gasteiger partial charge in [-0.25, -0.2) is 8.42 Å². The van der Waals surface area contributed by atoms with Crippen molar-refractivity contribution < 1.29 is 18.3 Å². The molecule has 0 radical (unpaired) electrons. The predicted molar refractivity (Wildman–Crippen MR) is 138 cm³/mol. The zero-order chi connectivity index (χ0) is 24.6. The third kappa shape index (κ3) is 4.89. The molecule has 1 aliphatic carbocycles. The summed E-state index contributed by atoms with van der Waals surface area (Å²) in [6.07, 6.45) is 7.25. The van der Waals surface area contributed by atoms with Crippen LogP contribution in [0.15, 0.2) is 35.2 Å². The third-order valence-electron chi connectivity index (χ3n) is 7.11. The Hall–Kier alpha value is -2.27. The van der Waals surface area contributed by atoms with Gasteiger partial charge < -0.3 is 10.4 Å². The fourth-order valence-electron chi connectivity index (χ4n) is 5.07. The van der Waals surface area contributed by atoms with Crippen molar-refractivity contribution in [3.05, 3.63) is 40.9 Å². The van der Waals surface area contributed by atoms with Crippen LogP contribution in [-0.4, -0.2) is 52.7 Å². The van der Waals surface area contributed by atoms with E-state index in [4.69, 9.17) is 5.10 Å². The summed E-state index contributed by atoms with van der Waals surface area (Å²) < 4.78 is 29.3. The molecule has 2 aliphatic rings. The maximum absolute atomic E-state index is 13.0. The molecule has 1 amide bonds. The minimum absolute atomic E-state index is 0.189. The smallest absolute Gasteiger partial charge is 0.265 e. The van der Waals surface area contributed by atoms with E-state index in [-0.39, 0.29) is 10.8 Å². The Morgan fingerprint density at radius 1 is 1.11 bits per heavy atom. The molecule has 35 heavy (non-hydrogen) atoms. The van der Waals surface area contributed by atoms with Gasteiger partial charge in [-0.05, 0) is 62.4 Å². The van der Waals surface area contributed by atoms with Crippen molar-refractivity contribution in [3.8, 4) is 0 Å². The molecule has 2 N–H and O–H groups in total. The Morgan fingerprint density at radius 2 is 1.80 bits per heavy atom. The fourth-order valence-corrected chi connectivity index (χ4v) is 7.64. The molecule has 8 nitrogen and oxygen atoms in total. The number of aryl methyl sites for hydroxylation is 1. The Bertz CT molecular complexity index is 1300. The maximum Gasteiger partial charge on any atom is 0.265 e. The molecule has 1 aliphatic heterocycles. The van der Waals surface area contributed by atoms with Gasteiger partial charge in [0.25, 0.3) is 5.91 Å². The van der Waals surface area contributed by atoms with Gasteiger partial charge in [0.15, 0.2) is 0 Å². The number of aliphatic hydroxyl groups excluding tert-OH is 1. The van der Waals surface area contributed by atoms with Crippen LogP contribution in [0.25, 0.3) is 10.2 Å². The highest BCUT2D eigenvalue weighted by atomic mass is 32.2. The second-order valence-corrected chi connectivity index (χ2v) is 12.4. The highest BCUT2D eigenvalue weighted by Crippen LogP contribution is 2.36. The number of nitrogens with one attached hydrogen (secondary N) is 1. The molecule has 0 bridgehead atoms. The first-order valence-corrected chi connectivity index (χ1v) is 14.7. The van der Waals surface area contributed by atoms with Gasteiger partial charge in [-0.15, -0.1) is 11.3 Å². The largest absolute Gasteiger partial charge is 0.393 e. The van der Waals surface area contributed by atoms with Crippen molar-refractivity contribution >= 4 is 43.2 Å². The monoisotopic (exact) mass is 516 g/mol. The van der Waals surface area contributed by atoms with E-state index in [0.717, 1.165) is 35.2 Å². The normalized spacial score (nSPS) is 18.8. The first-order chi connectivity index (χ1) is 16.9. The van der Waals surface area contributed by atoms with Gasteiger partial charge >= 0.3 is 0 Å². The zero-order valence-corrected chi connectivity index (χ0v) is 21.6. The second kappa shape index (κ2) is 10.0. The lowest BCUT2D eigenvalue weighted by atomic mass is 9.96. The van der Waals surface area contributed by atoms with Crippen LogP contribution in [0.4, 0.5) is 5.69 Å². The molecule has 1 aromatic carbocycles. The average molecular weight is 517 g/mol. The molecular formula is C25H32N4O4S2. The van der Waals surface area contributed by atoms with Crippen LogP contribution in [0, 0.1) is 0 Å². The number of fused-ring (bicyclic) bond motifs is 1. The Kier molecular flexibility index (Phi) is 6.98. The van der Waals surface area contributed by atoms with E-state index >= 15 is 0 Å². The number of thiophene rings is 1. The van der Waals surface area contributed by atoms with Crippen molar-refractivity contribution in [1.82, 2.24) is 14.1 Å². The molecule has 2 fully saturated rings. The van der Waals surface area contributed by atoms with E-state index in [1.165, 1.54) is 47.0 Å². The summed E-state index contributed by atoms with van der Waals surface area (Å²) in [4.78, 5) is 14.9. The summed E-state index contributed by atoms with van der Waals surface area (Å²) in [5.74, 6) is -0.205. The van der Waals surface area contributed by atoms with E-state index in [1.807, 2.05) is 6.07 Å². The van der Waals surface area contributed by atoms with E-state index in [2.05, 4.69) is 16.9 Å². The lowest BCUT2D eigenvalue weighted by Crippen LogP contribution is -2.39. The summed E-state index contributed by atoms with van der Waals surface area (Å²) >= 11 is 1.47. The number of aromatic nitrogens is 2. The second-order valence-electron chi connectivity index (χ2n) is 9.48. The van der Waals surface area contributed by atoms with Crippen LogP contribution < -0.4 is 5.32 Å². The average Bonchev–Trinajstić information content (AvgIpc) is 3.45. The maximum atomic E-state index is 13.0. The number of benzene rings is 1. The topological polar surface area (TPSA) is 105 Å². The van der Waals surface area contributed by atoms with E-state index in [1.54, 1.807) is 12.1 Å². The molecule has 5 rings (SSSR count). The number of aliphatic hydroxyl groups is 1. The fraction of sp³-hybridized carbons (Fsp3) is 0.520. The number of amides is 1. The number of nitrogens with zero attached hydrogens (tertiary/aromatic N) is 3. The van der Waals surface area contributed by atoms with Crippen LogP contribution >= 0.6 is 11.3 Å². The molecule has 188 valence electrons. The number of anilines is 1. The molecule has 1 saturated heterocycles. The van der Waals surface area contributed by atoms with Crippen molar-refractivity contribution in [3.63, 3.8) is 0 Å². The van der Waals surface area contributed by atoms with Crippen LogP contribution in [0.2, 0.25) is 0 Å². The molecule has 2 aromatic heterocycles. The van der Waals surface area contributed by atoms with Crippen LogP contribution in [0.3, 0.4) is 0 Å². The van der Waals surface area contributed by atoms with Crippen LogP contribution in [-0.2, 0) is 16.4 Å². The van der Waals surface area contributed by atoms with Crippen molar-refractivity contribution in [2.75, 3.05) is 18.4 Å². The molecule has 3 heterocycles. The number of piperidine rings is 1. The Morgan fingerprint density at radius 3 is 2.46 bits per heavy atom. The first-order valence-electron chi connectivity index (χ1n) is 12.5. The number of hydrogen-bond acceptors (Lipinski definition) is 6. The molecule has 0 unspecified atom stereocenters. The van der Waals surface area contributed by atoms with Crippen molar-refractivity contribution in [1.29, 1.82) is 0 Å². The summed E-state index contributed by atoms with van der Waals surface area (Å²) in [5, 5.41) is 18.5. The molecular weight excluding hydrogens is 484 g/mol. The van der Waals surface area contributed by atoms with E-state index in [0.29, 0.717) is 42.5 Å². The van der Waals surface area contributed by atoms with Gasteiger partial charge in [0.1, 0.15) is 4.83 Å². The molecule has 10 heteroatoms. The Balaban J connectivity index is 1.32. The number of rotatable bonds is 6. The van der Waals surface area contributed by atoms with Gasteiger partial charge in [0.2, 0.25) is 10.0 Å². The first kappa shape index (κ1) is 24.4. The number of carbonyl (C=O) groups is 1. The summed E-state index contributed by atoms with van der Waals surface area (Å²) in [6.45, 7) is 2.71. The summed E-state index contributed by atoms with van der Waals surface area (Å²) in [6, 6.07) is 8.63. The van der Waals surface area contributed by atoms with Gasteiger partial charge in [0.05, 0.1) is 27.6 Å². The van der Waals surface area contributed by atoms with Gasteiger partial charge in [-0.2, -0.15) is 9.40 Å². The summed E-state index contributed by atoms with van der Waals surface area (Å²) in [5.41, 5.74) is 1.57. The van der Waals surface area contributed by atoms with E-state index in [9.17, 15) is 18.3 Å². The third-order valence-corrected chi connectivity index (χ3v) is 10.1. The lowest BCUT2D eigenvalue weighted by Gasteiger charge is -2.28. The molecule has 0 spiro atoms. The summed E-state index contributed by atoms with van der Waals surface area (Å²) in [7, 11) is -3.61. The van der Waals surface area contributed by atoms with Crippen molar-refractivity contribution in [2.45, 2.75) is 75.3 Å². The molecule has 3 aromatic rings. The number of carbonyl (C=O) groups excluding carboxylic acids is 1. The van der Waals surface area contributed by atoms with Crippen molar-refractivity contribution in [2.24, 2.45) is 0 Å². The minimum atomic E-state index is -3.61. The Labute approximate surface area is 210 Å². The highest BCUT2D eigenvalue weighted by Gasteiger charge is 2.29. The van der Waals surface area contributed by atoms with Crippen LogP contribution in [0.5, 0.6) is 0 Å².